The van der Waals surface area contributed by atoms with E-state index in [9.17, 15) is 9.59 Å². The summed E-state index contributed by atoms with van der Waals surface area (Å²) < 4.78 is 15.4. The first-order valence-electron chi connectivity index (χ1n) is 9.60. The maximum absolute atomic E-state index is 13.4. The Morgan fingerprint density at radius 2 is 2.10 bits per heavy atom. The van der Waals surface area contributed by atoms with Gasteiger partial charge in [0.25, 0.3) is 5.91 Å². The Morgan fingerprint density at radius 1 is 1.33 bits per heavy atom. The fourth-order valence-electron chi connectivity index (χ4n) is 4.09. The Labute approximate surface area is 178 Å². The average Bonchev–Trinajstić information content (AvgIpc) is 3.32. The van der Waals surface area contributed by atoms with Crippen molar-refractivity contribution in [1.82, 2.24) is 20.4 Å². The van der Waals surface area contributed by atoms with E-state index in [-0.39, 0.29) is 17.2 Å². The number of hydrogen-bond acceptors (Lipinski definition) is 8. The summed E-state index contributed by atoms with van der Waals surface area (Å²) in [6.45, 7) is 6.04. The second-order valence-electron chi connectivity index (χ2n) is 7.73. The summed E-state index contributed by atoms with van der Waals surface area (Å²) in [7, 11) is 3.04. The lowest BCUT2D eigenvalue weighted by Crippen LogP contribution is -2.52. The molecule has 9 nitrogen and oxygen atoms in total. The van der Waals surface area contributed by atoms with Gasteiger partial charge >= 0.3 is 0 Å². The van der Waals surface area contributed by atoms with Crippen molar-refractivity contribution < 1.29 is 23.6 Å². The van der Waals surface area contributed by atoms with Crippen LogP contribution in [0.15, 0.2) is 16.7 Å². The van der Waals surface area contributed by atoms with Crippen LogP contribution < -0.4 is 14.8 Å². The number of amides is 2. The van der Waals surface area contributed by atoms with Gasteiger partial charge in [0.2, 0.25) is 11.8 Å². The molecule has 0 unspecified atom stereocenters. The molecule has 2 aliphatic rings. The number of carbonyl (C=O) groups is 2. The zero-order valence-corrected chi connectivity index (χ0v) is 18.3. The molecule has 0 radical (unpaired) electrons. The van der Waals surface area contributed by atoms with E-state index in [1.807, 2.05) is 19.9 Å². The number of aromatic nitrogens is 2. The van der Waals surface area contributed by atoms with Gasteiger partial charge < -0.3 is 24.2 Å². The highest BCUT2D eigenvalue weighted by Crippen LogP contribution is 2.58. The Balaban J connectivity index is 1.57. The molecule has 30 heavy (non-hydrogen) atoms. The number of fused-ring (bicyclic) bond motifs is 3. The first-order valence-corrected chi connectivity index (χ1v) is 10.5. The largest absolute Gasteiger partial charge is 0.493 e. The maximum atomic E-state index is 13.4. The fraction of sp³-hybridized carbons (Fsp3) is 0.500. The third kappa shape index (κ3) is 3.19. The van der Waals surface area contributed by atoms with E-state index in [2.05, 4.69) is 15.5 Å². The van der Waals surface area contributed by atoms with E-state index in [0.29, 0.717) is 41.7 Å². The molecule has 2 atom stereocenters. The van der Waals surface area contributed by atoms with Crippen molar-refractivity contribution in [3.8, 4) is 11.5 Å². The number of aryl methyl sites for hydroxylation is 1. The van der Waals surface area contributed by atoms with Crippen LogP contribution in [0.3, 0.4) is 0 Å². The number of benzene rings is 1. The van der Waals surface area contributed by atoms with Gasteiger partial charge in [-0.1, -0.05) is 11.2 Å². The van der Waals surface area contributed by atoms with Crippen LogP contribution in [0.25, 0.3) is 0 Å². The van der Waals surface area contributed by atoms with Crippen molar-refractivity contribution in [1.29, 1.82) is 0 Å². The third-order valence-corrected chi connectivity index (χ3v) is 6.89. The normalized spacial score (nSPS) is 21.4. The monoisotopic (exact) mass is 432 g/mol. The molecule has 1 aromatic heterocycles. The number of methoxy groups -OCH3 is 2. The van der Waals surface area contributed by atoms with Crippen molar-refractivity contribution in [3.63, 3.8) is 0 Å². The topological polar surface area (TPSA) is 107 Å². The standard InChI is InChI=1S/C20H24N4O5S/c1-10-22-13(29-23-10)8-9-21-17(25)16-20(2,3)30-19-11-6-7-12(27-4)15(28-5)14(11)18(26)24(16)19/h6-7,16,19H,8-9H2,1-5H3,(H,21,25)/t16-,19-/m1/s1. The van der Waals surface area contributed by atoms with Gasteiger partial charge in [0.05, 0.1) is 19.8 Å². The van der Waals surface area contributed by atoms with Crippen LogP contribution in [0.2, 0.25) is 0 Å². The summed E-state index contributed by atoms with van der Waals surface area (Å²) in [5.74, 6) is 1.48. The molecule has 3 heterocycles. The molecule has 10 heteroatoms. The van der Waals surface area contributed by atoms with Gasteiger partial charge in [-0.2, -0.15) is 4.98 Å². The highest BCUT2D eigenvalue weighted by Gasteiger charge is 2.58. The minimum atomic E-state index is -0.632. The van der Waals surface area contributed by atoms with Gasteiger partial charge in [0.1, 0.15) is 11.4 Å². The van der Waals surface area contributed by atoms with E-state index in [1.54, 1.807) is 29.7 Å². The predicted molar refractivity (Wildman–Crippen MR) is 110 cm³/mol. The zero-order chi connectivity index (χ0) is 21.6. The van der Waals surface area contributed by atoms with Crippen molar-refractivity contribution in [2.45, 2.75) is 43.4 Å². The van der Waals surface area contributed by atoms with Crippen molar-refractivity contribution >= 4 is 23.6 Å². The Kier molecular flexibility index (Phi) is 5.13. The highest BCUT2D eigenvalue weighted by atomic mass is 32.2. The van der Waals surface area contributed by atoms with E-state index in [0.717, 1.165) is 5.56 Å². The average molecular weight is 433 g/mol. The quantitative estimate of drug-likeness (QED) is 0.740. The maximum Gasteiger partial charge on any atom is 0.260 e. The first kappa shape index (κ1) is 20.5. The molecule has 1 N–H and O–H groups in total. The van der Waals surface area contributed by atoms with Gasteiger partial charge in [0.15, 0.2) is 17.3 Å². The fourth-order valence-corrected chi connectivity index (χ4v) is 5.67. The van der Waals surface area contributed by atoms with Crippen LogP contribution in [0, 0.1) is 6.92 Å². The molecular weight excluding hydrogens is 408 g/mol. The number of ether oxygens (including phenoxy) is 2. The second-order valence-corrected chi connectivity index (χ2v) is 9.46. The van der Waals surface area contributed by atoms with Gasteiger partial charge in [-0.15, -0.1) is 11.8 Å². The van der Waals surface area contributed by atoms with E-state index < -0.39 is 10.8 Å². The number of rotatable bonds is 6. The lowest BCUT2D eigenvalue weighted by molar-refractivity contribution is -0.126. The van der Waals surface area contributed by atoms with Crippen molar-refractivity contribution in [2.24, 2.45) is 0 Å². The Morgan fingerprint density at radius 3 is 2.73 bits per heavy atom. The smallest absolute Gasteiger partial charge is 0.260 e. The third-order valence-electron chi connectivity index (χ3n) is 5.35. The lowest BCUT2D eigenvalue weighted by atomic mass is 10.0. The minimum Gasteiger partial charge on any atom is -0.493 e. The number of carbonyl (C=O) groups excluding carboxylic acids is 2. The Hall–Kier alpha value is -2.75. The number of thioether (sulfide) groups is 1. The van der Waals surface area contributed by atoms with Gasteiger partial charge in [0, 0.05) is 23.3 Å². The molecule has 0 saturated carbocycles. The van der Waals surface area contributed by atoms with Crippen LogP contribution in [-0.2, 0) is 11.2 Å². The van der Waals surface area contributed by atoms with E-state index in [1.165, 1.54) is 14.2 Å². The minimum absolute atomic E-state index is 0.210. The molecule has 1 saturated heterocycles. The molecule has 2 amide bonds. The molecule has 1 fully saturated rings. The second kappa shape index (κ2) is 7.50. The molecule has 0 bridgehead atoms. The first-order chi connectivity index (χ1) is 14.3. The summed E-state index contributed by atoms with van der Waals surface area (Å²) in [4.78, 5) is 32.3. The molecule has 2 aliphatic heterocycles. The number of nitrogens with one attached hydrogen (secondary N) is 1. The van der Waals surface area contributed by atoms with E-state index in [4.69, 9.17) is 14.0 Å². The number of nitrogens with zero attached hydrogens (tertiary/aromatic N) is 3. The summed E-state index contributed by atoms with van der Waals surface area (Å²) in [5, 5.41) is 6.41. The van der Waals surface area contributed by atoms with Gasteiger partial charge in [-0.25, -0.2) is 0 Å². The van der Waals surface area contributed by atoms with E-state index >= 15 is 0 Å². The Bertz CT molecular complexity index is 1010. The summed E-state index contributed by atoms with van der Waals surface area (Å²) >= 11 is 1.59. The molecule has 0 spiro atoms. The van der Waals surface area contributed by atoms with Crippen molar-refractivity contribution in [3.05, 3.63) is 35.0 Å². The van der Waals surface area contributed by atoms with Crippen LogP contribution in [0.5, 0.6) is 11.5 Å². The van der Waals surface area contributed by atoms with Crippen LogP contribution in [-0.4, -0.2) is 58.4 Å². The number of hydrogen-bond donors (Lipinski definition) is 1. The van der Waals surface area contributed by atoms with Crippen LogP contribution in [0.1, 0.15) is 46.9 Å². The highest BCUT2D eigenvalue weighted by molar-refractivity contribution is 8.01. The SMILES string of the molecule is COc1ccc2c(c1OC)C(=O)N1[C@@H]2SC(C)(C)[C@H]1C(=O)NCCc1nc(C)no1. The molecule has 1 aromatic carbocycles. The van der Waals surface area contributed by atoms with Crippen molar-refractivity contribution in [2.75, 3.05) is 20.8 Å². The summed E-state index contributed by atoms with van der Waals surface area (Å²) in [6.07, 6.45) is 0.426. The lowest BCUT2D eigenvalue weighted by Gasteiger charge is -2.29. The van der Waals surface area contributed by atoms with Crippen LogP contribution >= 0.6 is 11.8 Å². The molecular formula is C20H24N4O5S. The van der Waals surface area contributed by atoms with Gasteiger partial charge in [-0.3, -0.25) is 9.59 Å². The molecule has 0 aliphatic carbocycles. The van der Waals surface area contributed by atoms with Crippen LogP contribution in [0.4, 0.5) is 0 Å². The molecule has 160 valence electrons. The predicted octanol–water partition coefficient (Wildman–Crippen LogP) is 2.10. The van der Waals surface area contributed by atoms with Gasteiger partial charge in [-0.05, 0) is 26.8 Å². The molecule has 2 aromatic rings. The summed E-state index contributed by atoms with van der Waals surface area (Å²) in [5.41, 5.74) is 1.30. The zero-order valence-electron chi connectivity index (χ0n) is 17.5. The summed E-state index contributed by atoms with van der Waals surface area (Å²) in [6, 6.07) is 3.04. The molecule has 4 rings (SSSR count).